The molecule has 13 heavy (non-hydrogen) atoms. The Kier molecular flexibility index (Phi) is 5.14. The van der Waals surface area contributed by atoms with Crippen molar-refractivity contribution in [2.24, 2.45) is 17.6 Å². The van der Waals surface area contributed by atoms with Gasteiger partial charge in [0.05, 0.1) is 0 Å². The SMILES string of the molecule is CCN1CCC(C(CN)CSC)C1. The van der Waals surface area contributed by atoms with Crippen molar-refractivity contribution in [1.29, 1.82) is 0 Å². The van der Waals surface area contributed by atoms with E-state index in [-0.39, 0.29) is 0 Å². The normalized spacial score (nSPS) is 26.5. The van der Waals surface area contributed by atoms with Gasteiger partial charge in [-0.3, -0.25) is 0 Å². The highest BCUT2D eigenvalue weighted by atomic mass is 32.2. The number of hydrogen-bond donors (Lipinski definition) is 1. The third kappa shape index (κ3) is 3.15. The quantitative estimate of drug-likeness (QED) is 0.728. The fourth-order valence-corrected chi connectivity index (χ4v) is 2.98. The van der Waals surface area contributed by atoms with E-state index in [9.17, 15) is 0 Å². The van der Waals surface area contributed by atoms with Gasteiger partial charge in [-0.1, -0.05) is 6.92 Å². The van der Waals surface area contributed by atoms with Crippen molar-refractivity contribution >= 4 is 11.8 Å². The first-order valence-electron chi connectivity index (χ1n) is 5.23. The molecule has 1 aliphatic rings. The Labute approximate surface area is 86.2 Å². The van der Waals surface area contributed by atoms with Crippen LogP contribution in [0.15, 0.2) is 0 Å². The zero-order chi connectivity index (χ0) is 9.68. The van der Waals surface area contributed by atoms with Crippen LogP contribution in [0, 0.1) is 11.8 Å². The van der Waals surface area contributed by atoms with Gasteiger partial charge in [-0.05, 0) is 49.9 Å². The van der Waals surface area contributed by atoms with Gasteiger partial charge in [-0.2, -0.15) is 11.8 Å². The van der Waals surface area contributed by atoms with Gasteiger partial charge >= 0.3 is 0 Å². The molecular formula is C10H22N2S. The van der Waals surface area contributed by atoms with E-state index in [0.29, 0.717) is 0 Å². The fourth-order valence-electron chi connectivity index (χ4n) is 2.15. The average molecular weight is 202 g/mol. The van der Waals surface area contributed by atoms with Crippen molar-refractivity contribution in [2.45, 2.75) is 13.3 Å². The molecule has 1 fully saturated rings. The molecule has 1 rings (SSSR count). The van der Waals surface area contributed by atoms with Gasteiger partial charge in [0.2, 0.25) is 0 Å². The fraction of sp³-hybridized carbons (Fsp3) is 1.00. The topological polar surface area (TPSA) is 29.3 Å². The smallest absolute Gasteiger partial charge is 0.00134 e. The maximum atomic E-state index is 5.79. The molecule has 0 aromatic heterocycles. The predicted octanol–water partition coefficient (Wildman–Crippen LogP) is 1.27. The highest BCUT2D eigenvalue weighted by molar-refractivity contribution is 7.98. The molecule has 0 bridgehead atoms. The number of nitrogens with two attached hydrogens (primary N) is 1. The summed E-state index contributed by atoms with van der Waals surface area (Å²) < 4.78 is 0. The first-order valence-corrected chi connectivity index (χ1v) is 6.62. The van der Waals surface area contributed by atoms with E-state index in [1.807, 2.05) is 11.8 Å². The summed E-state index contributed by atoms with van der Waals surface area (Å²) in [5.74, 6) is 2.84. The van der Waals surface area contributed by atoms with Crippen LogP contribution >= 0.6 is 11.8 Å². The maximum absolute atomic E-state index is 5.79. The number of hydrogen-bond acceptors (Lipinski definition) is 3. The summed E-state index contributed by atoms with van der Waals surface area (Å²) in [4.78, 5) is 2.54. The minimum Gasteiger partial charge on any atom is -0.330 e. The third-order valence-electron chi connectivity index (χ3n) is 3.11. The van der Waals surface area contributed by atoms with E-state index in [4.69, 9.17) is 5.73 Å². The Morgan fingerprint density at radius 3 is 2.85 bits per heavy atom. The molecule has 2 N–H and O–H groups in total. The lowest BCUT2D eigenvalue weighted by Gasteiger charge is -2.21. The molecule has 3 heteroatoms. The molecule has 78 valence electrons. The van der Waals surface area contributed by atoms with Crippen LogP contribution in [0.2, 0.25) is 0 Å². The average Bonchev–Trinajstić information content (AvgIpc) is 2.62. The maximum Gasteiger partial charge on any atom is 0.00134 e. The molecule has 0 radical (unpaired) electrons. The molecule has 0 aliphatic carbocycles. The molecule has 2 atom stereocenters. The van der Waals surface area contributed by atoms with E-state index >= 15 is 0 Å². The van der Waals surface area contributed by atoms with Crippen LogP contribution in [0.1, 0.15) is 13.3 Å². The number of rotatable bonds is 5. The van der Waals surface area contributed by atoms with Crippen molar-refractivity contribution in [3.8, 4) is 0 Å². The van der Waals surface area contributed by atoms with Crippen LogP contribution in [0.3, 0.4) is 0 Å². The zero-order valence-corrected chi connectivity index (χ0v) is 9.65. The molecule has 1 saturated heterocycles. The molecule has 1 heterocycles. The second-order valence-corrected chi connectivity index (χ2v) is 4.80. The highest BCUT2D eigenvalue weighted by Crippen LogP contribution is 2.25. The lowest BCUT2D eigenvalue weighted by molar-refractivity contribution is 0.313. The number of nitrogens with zero attached hydrogens (tertiary/aromatic N) is 1. The second kappa shape index (κ2) is 5.89. The van der Waals surface area contributed by atoms with Gasteiger partial charge in [0.15, 0.2) is 0 Å². The van der Waals surface area contributed by atoms with Crippen molar-refractivity contribution in [3.05, 3.63) is 0 Å². The molecular weight excluding hydrogens is 180 g/mol. The minimum atomic E-state index is 0.742. The molecule has 0 saturated carbocycles. The van der Waals surface area contributed by atoms with E-state index in [0.717, 1.165) is 18.4 Å². The van der Waals surface area contributed by atoms with Crippen molar-refractivity contribution < 1.29 is 0 Å². The first-order chi connectivity index (χ1) is 6.31. The number of thioether (sulfide) groups is 1. The summed E-state index contributed by atoms with van der Waals surface area (Å²) in [6.45, 7) is 6.87. The van der Waals surface area contributed by atoms with Crippen molar-refractivity contribution in [3.63, 3.8) is 0 Å². The second-order valence-electron chi connectivity index (χ2n) is 3.89. The predicted molar refractivity (Wildman–Crippen MR) is 61.1 cm³/mol. The Hall–Kier alpha value is 0.270. The molecule has 2 nitrogen and oxygen atoms in total. The lowest BCUT2D eigenvalue weighted by atomic mass is 9.93. The standard InChI is InChI=1S/C10H22N2S/c1-3-12-5-4-9(7-12)10(6-11)8-13-2/h9-10H,3-8,11H2,1-2H3. The minimum absolute atomic E-state index is 0.742. The van der Waals surface area contributed by atoms with E-state index in [1.165, 1.54) is 31.8 Å². The van der Waals surface area contributed by atoms with Crippen molar-refractivity contribution in [1.82, 2.24) is 4.90 Å². The lowest BCUT2D eigenvalue weighted by Crippen LogP contribution is -2.28. The van der Waals surface area contributed by atoms with Crippen molar-refractivity contribution in [2.75, 3.05) is 38.2 Å². The molecule has 2 unspecified atom stereocenters. The highest BCUT2D eigenvalue weighted by Gasteiger charge is 2.27. The molecule has 0 aromatic carbocycles. The number of likely N-dealkylation sites (tertiary alicyclic amines) is 1. The first kappa shape index (κ1) is 11.3. The van der Waals surface area contributed by atoms with Gasteiger partial charge < -0.3 is 10.6 Å². The zero-order valence-electron chi connectivity index (χ0n) is 8.83. The van der Waals surface area contributed by atoms with Gasteiger partial charge in [-0.25, -0.2) is 0 Å². The van der Waals surface area contributed by atoms with E-state index in [1.54, 1.807) is 0 Å². The van der Waals surface area contributed by atoms with Gasteiger partial charge in [-0.15, -0.1) is 0 Å². The monoisotopic (exact) mass is 202 g/mol. The Bertz CT molecular complexity index is 141. The third-order valence-corrected chi connectivity index (χ3v) is 3.87. The Morgan fingerprint density at radius 2 is 2.38 bits per heavy atom. The van der Waals surface area contributed by atoms with Gasteiger partial charge in [0.25, 0.3) is 0 Å². The van der Waals surface area contributed by atoms with Gasteiger partial charge in [0, 0.05) is 6.54 Å². The largest absolute Gasteiger partial charge is 0.330 e. The Balaban J connectivity index is 2.33. The molecule has 1 aliphatic heterocycles. The van der Waals surface area contributed by atoms with Gasteiger partial charge in [0.1, 0.15) is 0 Å². The van der Waals surface area contributed by atoms with Crippen LogP contribution in [-0.2, 0) is 0 Å². The van der Waals surface area contributed by atoms with Crippen LogP contribution in [-0.4, -0.2) is 43.1 Å². The molecule has 0 spiro atoms. The van der Waals surface area contributed by atoms with E-state index < -0.39 is 0 Å². The summed E-state index contributed by atoms with van der Waals surface area (Å²) in [6.07, 6.45) is 3.53. The molecule has 0 aromatic rings. The Morgan fingerprint density at radius 1 is 1.62 bits per heavy atom. The molecule has 0 amide bonds. The van der Waals surface area contributed by atoms with Crippen LogP contribution in [0.5, 0.6) is 0 Å². The summed E-state index contributed by atoms with van der Waals surface area (Å²) in [5.41, 5.74) is 5.79. The van der Waals surface area contributed by atoms with E-state index in [2.05, 4.69) is 18.1 Å². The van der Waals surface area contributed by atoms with Crippen LogP contribution in [0.4, 0.5) is 0 Å². The summed E-state index contributed by atoms with van der Waals surface area (Å²) in [7, 11) is 0. The van der Waals surface area contributed by atoms with Crippen LogP contribution in [0.25, 0.3) is 0 Å². The summed E-state index contributed by atoms with van der Waals surface area (Å²) >= 11 is 1.93. The summed E-state index contributed by atoms with van der Waals surface area (Å²) in [5, 5.41) is 0. The van der Waals surface area contributed by atoms with Crippen LogP contribution < -0.4 is 5.73 Å². The summed E-state index contributed by atoms with van der Waals surface area (Å²) in [6, 6.07) is 0.